The Kier molecular flexibility index (Phi) is 11.7. The predicted octanol–water partition coefficient (Wildman–Crippen LogP) is 7.96. The van der Waals surface area contributed by atoms with E-state index in [2.05, 4.69) is 21.7 Å². The number of nitriles is 1. The Balaban J connectivity index is 0.991. The molecule has 0 fully saturated rings. The first-order chi connectivity index (χ1) is 29.5. The Labute approximate surface area is 360 Å². The van der Waals surface area contributed by atoms with Crippen molar-refractivity contribution in [3.63, 3.8) is 0 Å². The third-order valence-corrected chi connectivity index (χ3v) is 11.3. The van der Waals surface area contributed by atoms with Gasteiger partial charge in [-0.05, 0) is 94.0 Å². The van der Waals surface area contributed by atoms with Crippen molar-refractivity contribution >= 4 is 52.6 Å². The summed E-state index contributed by atoms with van der Waals surface area (Å²) in [6.45, 7) is 0.242. The van der Waals surface area contributed by atoms with Crippen LogP contribution < -0.4 is 20.1 Å². The molecular weight excluding hydrogens is 817 g/mol. The van der Waals surface area contributed by atoms with Crippen LogP contribution in [0.2, 0.25) is 10.0 Å². The third-order valence-electron chi connectivity index (χ3n) is 10.5. The van der Waals surface area contributed by atoms with Crippen LogP contribution in [0.1, 0.15) is 50.0 Å². The number of carboxylic acid groups (broad SMARTS) is 1. The predicted molar refractivity (Wildman–Crippen MR) is 227 cm³/mol. The summed E-state index contributed by atoms with van der Waals surface area (Å²) in [5, 5.41) is 25.8. The van der Waals surface area contributed by atoms with Gasteiger partial charge in [0.15, 0.2) is 0 Å². The number of hydrogen-bond donors (Lipinski definition) is 3. The van der Waals surface area contributed by atoms with E-state index in [0.29, 0.717) is 55.0 Å². The van der Waals surface area contributed by atoms with Gasteiger partial charge in [-0.1, -0.05) is 83.9 Å². The molecule has 6 aromatic rings. The Bertz CT molecular complexity index is 2690. The zero-order valence-corrected chi connectivity index (χ0v) is 33.7. The van der Waals surface area contributed by atoms with E-state index in [0.717, 1.165) is 16.7 Å². The van der Waals surface area contributed by atoms with Crippen molar-refractivity contribution < 1.29 is 33.8 Å². The van der Waals surface area contributed by atoms with Crippen LogP contribution in [0.25, 0.3) is 11.1 Å². The number of carbonyl (C=O) groups is 4. The lowest BCUT2D eigenvalue weighted by atomic mass is 9.91. The van der Waals surface area contributed by atoms with Crippen molar-refractivity contribution in [1.82, 2.24) is 15.2 Å². The maximum absolute atomic E-state index is 14.1. The summed E-state index contributed by atoms with van der Waals surface area (Å²) in [5.41, 5.74) is 6.29. The number of carbonyl (C=O) groups excluding carboxylic acids is 3. The first kappa shape index (κ1) is 40.6. The van der Waals surface area contributed by atoms with E-state index in [4.69, 9.17) is 37.9 Å². The fraction of sp³-hybridized carbons (Fsp3) is 0.149. The van der Waals surface area contributed by atoms with E-state index in [-0.39, 0.29) is 31.7 Å². The monoisotopic (exact) mass is 851 g/mol. The SMILES string of the molecule is N#Cc1ccc(-c2ccc(C[C@H](NC(=O)C3Cc4cc5c(cc4CN3C(=O)c3ccccn3)O[C@@H](c3ccc(OCc4ccc(Cl)c(Cl)c4)cc3)C(=O)N5)C(=O)O)cc2)cc1. The summed E-state index contributed by atoms with van der Waals surface area (Å²) in [5.74, 6) is -1.85. The second-order valence-electron chi connectivity index (χ2n) is 14.6. The summed E-state index contributed by atoms with van der Waals surface area (Å²) < 4.78 is 12.2. The van der Waals surface area contributed by atoms with Gasteiger partial charge < -0.3 is 30.1 Å². The summed E-state index contributed by atoms with van der Waals surface area (Å²) in [7, 11) is 0. The van der Waals surface area contributed by atoms with Crippen LogP contribution in [-0.2, 0) is 40.4 Å². The Morgan fingerprint density at radius 3 is 2.30 bits per heavy atom. The van der Waals surface area contributed by atoms with E-state index < -0.39 is 41.9 Å². The van der Waals surface area contributed by atoms with Gasteiger partial charge in [0.05, 0.1) is 27.4 Å². The topological polar surface area (TPSA) is 171 Å². The summed E-state index contributed by atoms with van der Waals surface area (Å²) >= 11 is 12.1. The molecule has 0 saturated heterocycles. The highest BCUT2D eigenvalue weighted by atomic mass is 35.5. The molecule has 3 heterocycles. The standard InChI is InChI=1S/C47H35Cl2N5O7/c48-36-17-8-29(19-37(36)49)26-60-35-15-13-32(14-16-35)43-45(56)52-39-21-33-22-41(54(25-34(33)23-42(39)61-43)46(57)38-3-1-2-18-51-38)44(55)53-40(47(58)59)20-27-4-9-30(10-5-27)31-11-6-28(24-50)7-12-31/h1-19,21,23,40-41,43H,20,22,25-26H2,(H,52,56)(H,53,55)(H,58,59)/t40-,41?,43-/m0/s1. The summed E-state index contributed by atoms with van der Waals surface area (Å²) in [4.78, 5) is 59.7. The van der Waals surface area contributed by atoms with Gasteiger partial charge in [-0.25, -0.2) is 4.79 Å². The number of anilines is 1. The number of amides is 3. The lowest BCUT2D eigenvalue weighted by Crippen LogP contribution is -2.56. The molecule has 1 aromatic heterocycles. The molecular formula is C47H35Cl2N5O7. The van der Waals surface area contributed by atoms with Crippen LogP contribution in [0.3, 0.4) is 0 Å². The number of halogens is 2. The molecule has 3 atom stereocenters. The summed E-state index contributed by atoms with van der Waals surface area (Å²) in [6, 6.07) is 34.7. The number of aliphatic carboxylic acids is 1. The van der Waals surface area contributed by atoms with Gasteiger partial charge in [-0.3, -0.25) is 19.4 Å². The molecule has 1 unspecified atom stereocenters. The Morgan fingerprint density at radius 2 is 1.62 bits per heavy atom. The lowest BCUT2D eigenvalue weighted by molar-refractivity contribution is -0.142. The van der Waals surface area contributed by atoms with Gasteiger partial charge in [0.1, 0.15) is 35.9 Å². The number of fused-ring (bicyclic) bond motifs is 2. The van der Waals surface area contributed by atoms with Crippen LogP contribution in [0.5, 0.6) is 11.5 Å². The molecule has 0 spiro atoms. The molecule has 3 amide bonds. The van der Waals surface area contributed by atoms with Gasteiger partial charge in [-0.15, -0.1) is 0 Å². The van der Waals surface area contributed by atoms with Gasteiger partial charge in [0.25, 0.3) is 11.8 Å². The first-order valence-electron chi connectivity index (χ1n) is 19.2. The minimum Gasteiger partial charge on any atom is -0.489 e. The average molecular weight is 853 g/mol. The van der Waals surface area contributed by atoms with E-state index in [1.165, 1.54) is 11.1 Å². The zero-order valence-electron chi connectivity index (χ0n) is 32.2. The van der Waals surface area contributed by atoms with Gasteiger partial charge in [0, 0.05) is 31.1 Å². The van der Waals surface area contributed by atoms with Crippen LogP contribution in [-0.4, -0.2) is 50.8 Å². The van der Waals surface area contributed by atoms with Gasteiger partial charge in [-0.2, -0.15) is 5.26 Å². The zero-order chi connectivity index (χ0) is 42.6. The van der Waals surface area contributed by atoms with E-state index in [1.54, 1.807) is 91.0 Å². The number of nitrogens with one attached hydrogen (secondary N) is 2. The maximum atomic E-state index is 14.1. The highest BCUT2D eigenvalue weighted by molar-refractivity contribution is 6.42. The maximum Gasteiger partial charge on any atom is 0.326 e. The number of ether oxygens (including phenoxy) is 2. The van der Waals surface area contributed by atoms with E-state index in [9.17, 15) is 24.3 Å². The van der Waals surface area contributed by atoms with Crippen molar-refractivity contribution in [2.75, 3.05) is 5.32 Å². The molecule has 12 nitrogen and oxygen atoms in total. The van der Waals surface area contributed by atoms with Crippen molar-refractivity contribution in [2.45, 2.75) is 44.2 Å². The molecule has 2 aliphatic heterocycles. The number of carboxylic acids is 1. The van der Waals surface area contributed by atoms with E-state index in [1.807, 2.05) is 30.3 Å². The smallest absolute Gasteiger partial charge is 0.326 e. The van der Waals surface area contributed by atoms with Gasteiger partial charge >= 0.3 is 5.97 Å². The van der Waals surface area contributed by atoms with Crippen molar-refractivity contribution in [3.8, 4) is 28.7 Å². The minimum atomic E-state index is -1.31. The molecule has 3 N–H and O–H groups in total. The molecule has 304 valence electrons. The number of pyridine rings is 1. The van der Waals surface area contributed by atoms with Crippen LogP contribution >= 0.6 is 23.2 Å². The van der Waals surface area contributed by atoms with E-state index >= 15 is 0 Å². The molecule has 5 aromatic carbocycles. The quantitative estimate of drug-likeness (QED) is 0.117. The number of rotatable bonds is 11. The fourth-order valence-corrected chi connectivity index (χ4v) is 7.62. The molecule has 0 bridgehead atoms. The molecule has 0 aliphatic carbocycles. The fourth-order valence-electron chi connectivity index (χ4n) is 7.30. The second kappa shape index (κ2) is 17.6. The average Bonchev–Trinajstić information content (AvgIpc) is 3.28. The van der Waals surface area contributed by atoms with Crippen LogP contribution in [0, 0.1) is 11.3 Å². The van der Waals surface area contributed by atoms with Crippen molar-refractivity contribution in [2.24, 2.45) is 0 Å². The Morgan fingerprint density at radius 1 is 0.902 bits per heavy atom. The molecule has 14 heteroatoms. The molecule has 2 aliphatic rings. The largest absolute Gasteiger partial charge is 0.489 e. The van der Waals surface area contributed by atoms with Crippen LogP contribution in [0.15, 0.2) is 128 Å². The lowest BCUT2D eigenvalue weighted by Gasteiger charge is -2.37. The van der Waals surface area contributed by atoms with Crippen molar-refractivity contribution in [1.29, 1.82) is 5.26 Å². The molecule has 61 heavy (non-hydrogen) atoms. The normalized spacial score (nSPS) is 15.8. The van der Waals surface area contributed by atoms with Crippen molar-refractivity contribution in [3.05, 3.63) is 177 Å². The number of aromatic nitrogens is 1. The molecule has 0 saturated carbocycles. The van der Waals surface area contributed by atoms with Crippen LogP contribution in [0.4, 0.5) is 5.69 Å². The second-order valence-corrected chi connectivity index (χ2v) is 15.4. The minimum absolute atomic E-state index is 0.0151. The third kappa shape index (κ3) is 9.04. The molecule has 8 rings (SSSR count). The first-order valence-corrected chi connectivity index (χ1v) is 19.9. The number of hydrogen-bond acceptors (Lipinski definition) is 8. The summed E-state index contributed by atoms with van der Waals surface area (Å²) in [6.07, 6.45) is 0.512. The van der Waals surface area contributed by atoms with Gasteiger partial charge in [0.2, 0.25) is 12.0 Å². The Hall–Kier alpha value is -7.20. The highest BCUT2D eigenvalue weighted by Gasteiger charge is 2.39. The highest BCUT2D eigenvalue weighted by Crippen LogP contribution is 2.40. The number of benzene rings is 5. The molecule has 0 radical (unpaired) electrons. The number of nitrogens with zero attached hydrogens (tertiary/aromatic N) is 3.